The van der Waals surface area contributed by atoms with Crippen LogP contribution in [-0.2, 0) is 14.8 Å². The van der Waals surface area contributed by atoms with Gasteiger partial charge >= 0.3 is 0 Å². The Balaban J connectivity index is 2.00. The minimum absolute atomic E-state index is 0.00715. The SMILES string of the molecule is CCN(CC)S(=O)(=O)c1cc(NC(=O)CCNC(=O)c2ccco2)ccc1Cl. The number of furan rings is 1. The summed E-state index contributed by atoms with van der Waals surface area (Å²) in [5.41, 5.74) is 0.303. The second-order valence-electron chi connectivity index (χ2n) is 5.77. The fraction of sp³-hybridized carbons (Fsp3) is 0.333. The normalized spacial score (nSPS) is 11.4. The summed E-state index contributed by atoms with van der Waals surface area (Å²) < 4.78 is 31.6. The maximum atomic E-state index is 12.7. The number of benzene rings is 1. The highest BCUT2D eigenvalue weighted by Gasteiger charge is 2.25. The molecule has 0 saturated heterocycles. The van der Waals surface area contributed by atoms with Crippen LogP contribution in [0, 0.1) is 0 Å². The maximum absolute atomic E-state index is 12.7. The molecular formula is C18H22ClN3O5S. The molecule has 2 N–H and O–H groups in total. The first-order valence-corrected chi connectivity index (χ1v) is 10.5. The molecule has 0 atom stereocenters. The van der Waals surface area contributed by atoms with Crippen molar-refractivity contribution < 1.29 is 22.4 Å². The number of carbonyl (C=O) groups excluding carboxylic acids is 2. The number of nitrogens with zero attached hydrogens (tertiary/aromatic N) is 1. The lowest BCUT2D eigenvalue weighted by molar-refractivity contribution is -0.116. The highest BCUT2D eigenvalue weighted by Crippen LogP contribution is 2.27. The summed E-state index contributed by atoms with van der Waals surface area (Å²) in [6.45, 7) is 4.18. The number of rotatable bonds is 9. The second kappa shape index (κ2) is 9.72. The van der Waals surface area contributed by atoms with Gasteiger partial charge in [0.05, 0.1) is 11.3 Å². The minimum Gasteiger partial charge on any atom is -0.459 e. The largest absolute Gasteiger partial charge is 0.459 e. The van der Waals surface area contributed by atoms with E-state index < -0.39 is 15.9 Å². The van der Waals surface area contributed by atoms with Crippen molar-refractivity contribution in [2.75, 3.05) is 25.0 Å². The van der Waals surface area contributed by atoms with E-state index in [0.29, 0.717) is 18.8 Å². The molecule has 2 rings (SSSR count). The molecule has 2 amide bonds. The number of hydrogen-bond acceptors (Lipinski definition) is 5. The Labute approximate surface area is 168 Å². The lowest BCUT2D eigenvalue weighted by atomic mass is 10.3. The number of halogens is 1. The van der Waals surface area contributed by atoms with Gasteiger partial charge in [-0.2, -0.15) is 4.31 Å². The summed E-state index contributed by atoms with van der Waals surface area (Å²) in [4.78, 5) is 23.8. The fourth-order valence-corrected chi connectivity index (χ4v) is 4.45. The van der Waals surface area contributed by atoms with Gasteiger partial charge in [0, 0.05) is 31.7 Å². The summed E-state index contributed by atoms with van der Waals surface area (Å²) in [5, 5.41) is 5.25. The van der Waals surface area contributed by atoms with E-state index in [-0.39, 0.29) is 34.6 Å². The van der Waals surface area contributed by atoms with E-state index in [4.69, 9.17) is 16.0 Å². The molecule has 0 radical (unpaired) electrons. The van der Waals surface area contributed by atoms with Crippen molar-refractivity contribution >= 4 is 39.1 Å². The Morgan fingerprint density at radius 1 is 1.18 bits per heavy atom. The van der Waals surface area contributed by atoms with Crippen LogP contribution in [-0.4, -0.2) is 44.2 Å². The summed E-state index contributed by atoms with van der Waals surface area (Å²) >= 11 is 6.07. The van der Waals surface area contributed by atoms with Gasteiger partial charge in [-0.05, 0) is 30.3 Å². The predicted molar refractivity (Wildman–Crippen MR) is 106 cm³/mol. The van der Waals surface area contributed by atoms with Crippen LogP contribution >= 0.6 is 11.6 Å². The molecule has 1 aromatic carbocycles. The molecule has 0 fully saturated rings. The first-order valence-electron chi connectivity index (χ1n) is 8.70. The highest BCUT2D eigenvalue weighted by atomic mass is 35.5. The van der Waals surface area contributed by atoms with E-state index in [1.165, 1.54) is 34.8 Å². The van der Waals surface area contributed by atoms with Crippen molar-refractivity contribution in [2.24, 2.45) is 0 Å². The molecule has 28 heavy (non-hydrogen) atoms. The Morgan fingerprint density at radius 3 is 2.50 bits per heavy atom. The average Bonchev–Trinajstić information content (AvgIpc) is 3.18. The van der Waals surface area contributed by atoms with Crippen LogP contribution in [0.4, 0.5) is 5.69 Å². The van der Waals surface area contributed by atoms with Crippen molar-refractivity contribution in [3.63, 3.8) is 0 Å². The molecule has 0 aliphatic heterocycles. The van der Waals surface area contributed by atoms with Gasteiger partial charge in [0.1, 0.15) is 4.90 Å². The molecule has 1 aromatic heterocycles. The van der Waals surface area contributed by atoms with Gasteiger partial charge < -0.3 is 15.1 Å². The first-order chi connectivity index (χ1) is 13.3. The third-order valence-electron chi connectivity index (χ3n) is 3.92. The molecule has 0 aliphatic rings. The number of anilines is 1. The molecule has 152 valence electrons. The van der Waals surface area contributed by atoms with Gasteiger partial charge in [-0.1, -0.05) is 25.4 Å². The standard InChI is InChI=1S/C18H22ClN3O5S/c1-3-22(4-2)28(25,26)16-12-13(7-8-14(16)19)21-17(23)9-10-20-18(24)15-6-5-11-27-15/h5-8,11-12H,3-4,9-10H2,1-2H3,(H,20,24)(H,21,23). The monoisotopic (exact) mass is 427 g/mol. The van der Waals surface area contributed by atoms with Gasteiger partial charge in [0.25, 0.3) is 5.91 Å². The number of hydrogen-bond donors (Lipinski definition) is 2. The molecule has 0 aliphatic carbocycles. The Morgan fingerprint density at radius 2 is 1.89 bits per heavy atom. The van der Waals surface area contributed by atoms with Crippen LogP contribution in [0.15, 0.2) is 45.9 Å². The van der Waals surface area contributed by atoms with Crippen LogP contribution < -0.4 is 10.6 Å². The summed E-state index contributed by atoms with van der Waals surface area (Å²) in [6, 6.07) is 7.37. The summed E-state index contributed by atoms with van der Waals surface area (Å²) in [6.07, 6.45) is 1.39. The third kappa shape index (κ3) is 5.34. The summed E-state index contributed by atoms with van der Waals surface area (Å²) in [5.74, 6) is -0.644. The topological polar surface area (TPSA) is 109 Å². The molecule has 8 nitrogen and oxygen atoms in total. The van der Waals surface area contributed by atoms with E-state index in [1.54, 1.807) is 19.9 Å². The van der Waals surface area contributed by atoms with E-state index in [2.05, 4.69) is 10.6 Å². The lowest BCUT2D eigenvalue weighted by Crippen LogP contribution is -2.31. The van der Waals surface area contributed by atoms with Gasteiger partial charge in [0.2, 0.25) is 15.9 Å². The van der Waals surface area contributed by atoms with Crippen molar-refractivity contribution in [3.8, 4) is 0 Å². The van der Waals surface area contributed by atoms with Crippen molar-refractivity contribution in [1.29, 1.82) is 0 Å². The zero-order valence-electron chi connectivity index (χ0n) is 15.6. The van der Waals surface area contributed by atoms with E-state index in [1.807, 2.05) is 0 Å². The first kappa shape index (κ1) is 21.9. The van der Waals surface area contributed by atoms with Crippen LogP contribution in [0.25, 0.3) is 0 Å². The van der Waals surface area contributed by atoms with E-state index >= 15 is 0 Å². The molecule has 10 heteroatoms. The molecule has 0 bridgehead atoms. The second-order valence-corrected chi connectivity index (χ2v) is 8.08. The smallest absolute Gasteiger partial charge is 0.286 e. The van der Waals surface area contributed by atoms with Crippen LogP contribution in [0.3, 0.4) is 0 Å². The maximum Gasteiger partial charge on any atom is 0.286 e. The average molecular weight is 428 g/mol. The molecular weight excluding hydrogens is 406 g/mol. The molecule has 0 spiro atoms. The molecule has 0 unspecified atom stereocenters. The molecule has 1 heterocycles. The Hall–Kier alpha value is -2.36. The van der Waals surface area contributed by atoms with Gasteiger partial charge in [-0.25, -0.2) is 8.42 Å². The Kier molecular flexibility index (Phi) is 7.61. The minimum atomic E-state index is -3.76. The number of carbonyl (C=O) groups is 2. The number of sulfonamides is 1. The predicted octanol–water partition coefficient (Wildman–Crippen LogP) is 2.72. The number of amides is 2. The third-order valence-corrected chi connectivity index (χ3v) is 6.45. The van der Waals surface area contributed by atoms with E-state index in [9.17, 15) is 18.0 Å². The van der Waals surface area contributed by atoms with Crippen LogP contribution in [0.5, 0.6) is 0 Å². The molecule has 0 saturated carbocycles. The van der Waals surface area contributed by atoms with Crippen molar-refractivity contribution in [3.05, 3.63) is 47.4 Å². The number of nitrogens with one attached hydrogen (secondary N) is 2. The van der Waals surface area contributed by atoms with Gasteiger partial charge in [-0.15, -0.1) is 0 Å². The lowest BCUT2D eigenvalue weighted by Gasteiger charge is -2.19. The van der Waals surface area contributed by atoms with Gasteiger partial charge in [0.15, 0.2) is 5.76 Å². The highest BCUT2D eigenvalue weighted by molar-refractivity contribution is 7.89. The van der Waals surface area contributed by atoms with E-state index in [0.717, 1.165) is 0 Å². The van der Waals surface area contributed by atoms with Crippen LogP contribution in [0.1, 0.15) is 30.8 Å². The quantitative estimate of drug-likeness (QED) is 0.639. The summed E-state index contributed by atoms with van der Waals surface area (Å²) in [7, 11) is -3.76. The van der Waals surface area contributed by atoms with Crippen molar-refractivity contribution in [2.45, 2.75) is 25.2 Å². The van der Waals surface area contributed by atoms with Crippen LogP contribution in [0.2, 0.25) is 5.02 Å². The zero-order valence-corrected chi connectivity index (χ0v) is 17.1. The van der Waals surface area contributed by atoms with Crippen molar-refractivity contribution in [1.82, 2.24) is 9.62 Å². The fourth-order valence-electron chi connectivity index (χ4n) is 2.49. The van der Waals surface area contributed by atoms with Gasteiger partial charge in [-0.3, -0.25) is 9.59 Å². The molecule has 2 aromatic rings. The zero-order chi connectivity index (χ0) is 20.7. The Bertz CT molecular complexity index is 925.